The van der Waals surface area contributed by atoms with Gasteiger partial charge in [-0.25, -0.2) is 0 Å². The van der Waals surface area contributed by atoms with E-state index in [4.69, 9.17) is 9.47 Å². The van der Waals surface area contributed by atoms with Gasteiger partial charge in [-0.1, -0.05) is 19.1 Å². The lowest BCUT2D eigenvalue weighted by Gasteiger charge is -2.28. The van der Waals surface area contributed by atoms with Crippen LogP contribution in [0.15, 0.2) is 30.3 Å². The van der Waals surface area contributed by atoms with E-state index in [1.807, 2.05) is 0 Å². The number of phenols is 1. The van der Waals surface area contributed by atoms with Crippen molar-refractivity contribution in [3.63, 3.8) is 0 Å². The molecule has 0 bridgehead atoms. The second kappa shape index (κ2) is 6.58. The number of hydrogen-bond acceptors (Lipinski definition) is 6. The molecule has 6 heteroatoms. The van der Waals surface area contributed by atoms with Gasteiger partial charge in [-0.2, -0.15) is 0 Å². The summed E-state index contributed by atoms with van der Waals surface area (Å²) in [6, 6.07) is 6.36. The highest BCUT2D eigenvalue weighted by atomic mass is 16.5. The largest absolute Gasteiger partial charge is 0.506 e. The van der Waals surface area contributed by atoms with Crippen LogP contribution in [0.4, 0.5) is 0 Å². The number of aromatic hydroxyl groups is 1. The van der Waals surface area contributed by atoms with Crippen LogP contribution in [0, 0.1) is 12.8 Å². The van der Waals surface area contributed by atoms with E-state index in [1.165, 1.54) is 13.2 Å². The topological polar surface area (TPSA) is 89.9 Å². The Bertz CT molecular complexity index is 1120. The van der Waals surface area contributed by atoms with E-state index < -0.39 is 5.78 Å². The van der Waals surface area contributed by atoms with Crippen LogP contribution in [0.5, 0.6) is 11.5 Å². The minimum Gasteiger partial charge on any atom is -0.506 e. The molecule has 2 aromatic rings. The number of rotatable bonds is 2. The summed E-state index contributed by atoms with van der Waals surface area (Å²) in [5.41, 5.74) is 1.16. The maximum Gasteiger partial charge on any atom is 0.202 e. The number of ether oxygens (including phenoxy) is 2. The van der Waals surface area contributed by atoms with Crippen LogP contribution >= 0.6 is 0 Å². The Kier molecular flexibility index (Phi) is 4.30. The van der Waals surface area contributed by atoms with Crippen LogP contribution in [0.25, 0.3) is 5.76 Å². The first-order chi connectivity index (χ1) is 13.8. The van der Waals surface area contributed by atoms with E-state index in [0.717, 1.165) is 0 Å². The maximum atomic E-state index is 13.3. The van der Waals surface area contributed by atoms with E-state index in [9.17, 15) is 19.5 Å². The SMILES string of the molecule is COc1cccc2c1C(=O)c1c(cc(C)c(C3=CC(=O)[C@@H](C)[C@H](C)O3)c1O)C2=O. The van der Waals surface area contributed by atoms with Gasteiger partial charge in [-0.05, 0) is 31.5 Å². The first kappa shape index (κ1) is 18.9. The molecule has 0 aromatic heterocycles. The highest BCUT2D eigenvalue weighted by Crippen LogP contribution is 2.43. The zero-order chi connectivity index (χ0) is 21.0. The lowest BCUT2D eigenvalue weighted by Crippen LogP contribution is -2.29. The standard InChI is InChI=1S/C23H20O6/c1-10-8-14-20(22(26)18(10)17-9-15(24)11(2)12(3)29-17)23(27)19-13(21(14)25)6-5-7-16(19)28-4/h5-9,11-12,26H,1-4H3/t11-,12-/m0/s1. The van der Waals surface area contributed by atoms with Crippen molar-refractivity contribution in [2.45, 2.75) is 26.9 Å². The van der Waals surface area contributed by atoms with E-state index in [-0.39, 0.29) is 68.7 Å². The van der Waals surface area contributed by atoms with Crippen molar-refractivity contribution in [1.82, 2.24) is 0 Å². The molecule has 0 radical (unpaired) electrons. The van der Waals surface area contributed by atoms with Gasteiger partial charge in [0.15, 0.2) is 11.6 Å². The molecule has 1 aliphatic carbocycles. The molecule has 0 spiro atoms. The molecule has 0 unspecified atom stereocenters. The molecule has 6 nitrogen and oxygen atoms in total. The summed E-state index contributed by atoms with van der Waals surface area (Å²) in [6.07, 6.45) is 0.957. The van der Waals surface area contributed by atoms with Crippen LogP contribution in [0.3, 0.4) is 0 Å². The lowest BCUT2D eigenvalue weighted by molar-refractivity contribution is -0.121. The molecule has 2 aliphatic rings. The fraction of sp³-hybridized carbons (Fsp3) is 0.261. The van der Waals surface area contributed by atoms with Crippen molar-refractivity contribution in [2.75, 3.05) is 7.11 Å². The first-order valence-electron chi connectivity index (χ1n) is 9.31. The predicted octanol–water partition coefficient (Wildman–Crippen LogP) is 3.45. The molecule has 1 N–H and O–H groups in total. The minimum atomic E-state index is -0.505. The van der Waals surface area contributed by atoms with Crippen LogP contribution in [0.1, 0.15) is 56.8 Å². The average molecular weight is 392 g/mol. The highest BCUT2D eigenvalue weighted by Gasteiger charge is 2.37. The van der Waals surface area contributed by atoms with E-state index in [1.54, 1.807) is 45.0 Å². The predicted molar refractivity (Wildman–Crippen MR) is 105 cm³/mol. The quantitative estimate of drug-likeness (QED) is 0.718. The van der Waals surface area contributed by atoms with Gasteiger partial charge in [0.25, 0.3) is 0 Å². The van der Waals surface area contributed by atoms with Crippen LogP contribution in [0.2, 0.25) is 0 Å². The van der Waals surface area contributed by atoms with Crippen molar-refractivity contribution in [3.8, 4) is 11.5 Å². The van der Waals surface area contributed by atoms with Gasteiger partial charge in [0.2, 0.25) is 5.78 Å². The third-order valence-corrected chi connectivity index (χ3v) is 5.67. The molecule has 29 heavy (non-hydrogen) atoms. The van der Waals surface area contributed by atoms with Crippen molar-refractivity contribution < 1.29 is 29.0 Å². The van der Waals surface area contributed by atoms with Gasteiger partial charge < -0.3 is 14.6 Å². The Morgan fingerprint density at radius 2 is 1.72 bits per heavy atom. The fourth-order valence-corrected chi connectivity index (χ4v) is 3.87. The molecular formula is C23H20O6. The van der Waals surface area contributed by atoms with Crippen molar-refractivity contribution in [1.29, 1.82) is 0 Å². The molecule has 4 rings (SSSR count). The summed E-state index contributed by atoms with van der Waals surface area (Å²) in [7, 11) is 1.41. The molecular weight excluding hydrogens is 372 g/mol. The van der Waals surface area contributed by atoms with Gasteiger partial charge >= 0.3 is 0 Å². The number of carbonyl (C=O) groups is 3. The number of allylic oxidation sites excluding steroid dienone is 1. The second-order valence-electron chi connectivity index (χ2n) is 7.40. The summed E-state index contributed by atoms with van der Waals surface area (Å²) in [6.45, 7) is 5.24. The Morgan fingerprint density at radius 3 is 2.38 bits per heavy atom. The average Bonchev–Trinajstić information content (AvgIpc) is 2.69. The van der Waals surface area contributed by atoms with Crippen molar-refractivity contribution in [2.24, 2.45) is 5.92 Å². The normalized spacial score (nSPS) is 20.6. The van der Waals surface area contributed by atoms with Gasteiger partial charge in [-0.15, -0.1) is 0 Å². The number of ketones is 3. The Morgan fingerprint density at radius 1 is 1.00 bits per heavy atom. The molecule has 2 atom stereocenters. The zero-order valence-corrected chi connectivity index (χ0v) is 16.5. The van der Waals surface area contributed by atoms with Crippen LogP contribution in [-0.2, 0) is 9.53 Å². The molecule has 1 aliphatic heterocycles. The molecule has 0 saturated carbocycles. The molecule has 1 heterocycles. The number of fused-ring (bicyclic) bond motifs is 2. The number of aryl methyl sites for hydroxylation is 1. The number of phenolic OH excluding ortho intramolecular Hbond substituents is 1. The Balaban J connectivity index is 1.96. The van der Waals surface area contributed by atoms with Crippen LogP contribution < -0.4 is 4.74 Å². The van der Waals surface area contributed by atoms with E-state index in [0.29, 0.717) is 5.56 Å². The van der Waals surface area contributed by atoms with Crippen molar-refractivity contribution in [3.05, 3.63) is 63.7 Å². The molecule has 2 aromatic carbocycles. The monoisotopic (exact) mass is 392 g/mol. The second-order valence-corrected chi connectivity index (χ2v) is 7.40. The fourth-order valence-electron chi connectivity index (χ4n) is 3.87. The minimum absolute atomic E-state index is 0.101. The van der Waals surface area contributed by atoms with Crippen LogP contribution in [-0.4, -0.2) is 35.7 Å². The Hall–Kier alpha value is -3.41. The summed E-state index contributed by atoms with van der Waals surface area (Å²) in [5.74, 6) is -1.20. The molecule has 0 amide bonds. The molecule has 0 saturated heterocycles. The first-order valence-corrected chi connectivity index (χ1v) is 9.31. The number of methoxy groups -OCH3 is 1. The van der Waals surface area contributed by atoms with E-state index >= 15 is 0 Å². The Labute approximate surface area is 167 Å². The van der Waals surface area contributed by atoms with E-state index in [2.05, 4.69) is 0 Å². The summed E-state index contributed by atoms with van der Waals surface area (Å²) < 4.78 is 11.1. The third kappa shape index (κ3) is 2.67. The van der Waals surface area contributed by atoms with Gasteiger partial charge in [-0.3, -0.25) is 14.4 Å². The third-order valence-electron chi connectivity index (χ3n) is 5.67. The van der Waals surface area contributed by atoms with Gasteiger partial charge in [0.05, 0.1) is 29.7 Å². The maximum absolute atomic E-state index is 13.3. The highest BCUT2D eigenvalue weighted by molar-refractivity contribution is 6.30. The summed E-state index contributed by atoms with van der Waals surface area (Å²) in [5, 5.41) is 11.0. The number of hydrogen-bond donors (Lipinski definition) is 1. The molecule has 148 valence electrons. The smallest absolute Gasteiger partial charge is 0.202 e. The lowest BCUT2D eigenvalue weighted by atomic mass is 9.80. The van der Waals surface area contributed by atoms with Gasteiger partial charge in [0.1, 0.15) is 23.4 Å². The number of benzene rings is 2. The van der Waals surface area contributed by atoms with Crippen molar-refractivity contribution >= 4 is 23.1 Å². The summed E-state index contributed by atoms with van der Waals surface area (Å²) in [4.78, 5) is 38.6. The van der Waals surface area contributed by atoms with Gasteiger partial charge in [0, 0.05) is 17.2 Å². The molecule has 0 fully saturated rings. The zero-order valence-electron chi connectivity index (χ0n) is 16.5. The number of carbonyl (C=O) groups excluding carboxylic acids is 3. The summed E-state index contributed by atoms with van der Waals surface area (Å²) >= 11 is 0.